The molecular formula is C16H23N2O6PSi. The molecule has 8 nitrogen and oxygen atoms in total. The Hall–Kier alpha value is -1.83. The van der Waals surface area contributed by atoms with E-state index >= 15 is 0 Å². The molecule has 0 bridgehead atoms. The summed E-state index contributed by atoms with van der Waals surface area (Å²) in [6.45, 7) is 5.00. The number of para-hydroxylation sites is 1. The smallest absolute Gasteiger partial charge is 0.417 e. The Kier molecular flexibility index (Phi) is 5.14. The van der Waals surface area contributed by atoms with E-state index in [2.05, 4.69) is 5.09 Å². The molecule has 2 aliphatic heterocycles. The summed E-state index contributed by atoms with van der Waals surface area (Å²) in [4.78, 5) is 24.5. The highest BCUT2D eigenvalue weighted by molar-refractivity contribution is 7.58. The highest BCUT2D eigenvalue weighted by Crippen LogP contribution is 2.59. The first kappa shape index (κ1) is 18.9. The van der Waals surface area contributed by atoms with Crippen LogP contribution in [0.2, 0.25) is 12.1 Å². The van der Waals surface area contributed by atoms with Crippen LogP contribution in [0.4, 0.5) is 4.79 Å². The summed E-state index contributed by atoms with van der Waals surface area (Å²) >= 11 is 0. The Labute approximate surface area is 153 Å². The Balaban J connectivity index is 1.88. The Bertz CT molecular complexity index is 740. The van der Waals surface area contributed by atoms with Crippen LogP contribution < -0.4 is 9.61 Å². The van der Waals surface area contributed by atoms with Gasteiger partial charge in [-0.15, -0.1) is 0 Å². The van der Waals surface area contributed by atoms with E-state index in [9.17, 15) is 14.2 Å². The third kappa shape index (κ3) is 3.79. The zero-order chi connectivity index (χ0) is 18.9. The second-order valence-corrected chi connectivity index (χ2v) is 13.3. The van der Waals surface area contributed by atoms with Crippen LogP contribution in [0.25, 0.3) is 0 Å². The molecule has 10 heteroatoms. The van der Waals surface area contributed by atoms with Gasteiger partial charge in [0, 0.05) is 0 Å². The summed E-state index contributed by atoms with van der Waals surface area (Å²) < 4.78 is 31.1. The van der Waals surface area contributed by atoms with Gasteiger partial charge in [-0.1, -0.05) is 18.2 Å². The van der Waals surface area contributed by atoms with E-state index in [1.807, 2.05) is 0 Å². The van der Waals surface area contributed by atoms with Gasteiger partial charge in [0.25, 0.3) is 0 Å². The zero-order valence-electron chi connectivity index (χ0n) is 15.0. The molecule has 2 unspecified atom stereocenters. The van der Waals surface area contributed by atoms with E-state index in [4.69, 9.17) is 14.0 Å². The summed E-state index contributed by atoms with van der Waals surface area (Å²) in [7, 11) is -6.13. The number of amides is 1. The van der Waals surface area contributed by atoms with Crippen LogP contribution in [-0.2, 0) is 18.8 Å². The van der Waals surface area contributed by atoms with Gasteiger partial charge in [-0.2, -0.15) is 0 Å². The fraction of sp³-hybridized carbons (Fsp3) is 0.500. The molecule has 0 radical (unpaired) electrons. The highest BCUT2D eigenvalue weighted by Gasteiger charge is 2.66. The van der Waals surface area contributed by atoms with E-state index in [-0.39, 0.29) is 6.10 Å². The average Bonchev–Trinajstić information content (AvgIpc) is 3.25. The van der Waals surface area contributed by atoms with Crippen LogP contribution in [0.5, 0.6) is 5.75 Å². The number of carbonyl (C=O) groups is 2. The first-order valence-corrected chi connectivity index (χ1v) is 12.7. The van der Waals surface area contributed by atoms with Gasteiger partial charge in [-0.05, 0) is 45.0 Å². The van der Waals surface area contributed by atoms with Crippen molar-refractivity contribution in [1.82, 2.24) is 9.42 Å². The number of nitrogens with zero attached hydrogens (tertiary/aromatic N) is 1. The van der Waals surface area contributed by atoms with Crippen molar-refractivity contribution < 1.29 is 28.2 Å². The molecule has 142 valence electrons. The molecule has 1 amide bonds. The topological polar surface area (TPSA) is 94.2 Å². The van der Waals surface area contributed by atoms with Gasteiger partial charge in [0.1, 0.15) is 18.0 Å². The second-order valence-electron chi connectivity index (χ2n) is 6.85. The number of benzene rings is 1. The minimum absolute atomic E-state index is 0.304. The van der Waals surface area contributed by atoms with Gasteiger partial charge in [0.2, 0.25) is 8.24 Å². The maximum Gasteiger partial charge on any atom is 0.417 e. The van der Waals surface area contributed by atoms with Crippen molar-refractivity contribution in [3.63, 3.8) is 0 Å². The lowest BCUT2D eigenvalue weighted by Gasteiger charge is -2.31. The molecule has 2 aliphatic rings. The summed E-state index contributed by atoms with van der Waals surface area (Å²) in [5, 5.41) is 2.73. The van der Waals surface area contributed by atoms with Crippen molar-refractivity contribution in [3.8, 4) is 5.75 Å². The normalized spacial score (nSPS) is 21.2. The number of ether oxygens (including phenoxy) is 2. The molecular weight excluding hydrogens is 375 g/mol. The van der Waals surface area contributed by atoms with Gasteiger partial charge in [0.15, 0.2) is 0 Å². The number of rotatable bonds is 7. The predicted octanol–water partition coefficient (Wildman–Crippen LogP) is 3.05. The van der Waals surface area contributed by atoms with Crippen molar-refractivity contribution in [2.24, 2.45) is 0 Å². The number of cyclic esters (lactones) is 1. The van der Waals surface area contributed by atoms with E-state index in [1.54, 1.807) is 44.2 Å². The molecule has 1 N–H and O–H groups in total. The van der Waals surface area contributed by atoms with Gasteiger partial charge in [-0.3, -0.25) is 4.79 Å². The SMILES string of the molecule is CC(C)OC(=O)C(C)NP(=O)(Oc1ccccc1)N1C(=O)OC[Si]12CC2. The molecule has 2 heterocycles. The molecule has 0 aliphatic carbocycles. The fourth-order valence-corrected chi connectivity index (χ4v) is 10.4. The van der Waals surface area contributed by atoms with Crippen LogP contribution in [0, 0.1) is 0 Å². The molecule has 26 heavy (non-hydrogen) atoms. The quantitative estimate of drug-likeness (QED) is 0.428. The molecule has 2 fully saturated rings. The molecule has 1 aromatic rings. The first-order chi connectivity index (χ1) is 12.3. The summed E-state index contributed by atoms with van der Waals surface area (Å²) in [5.74, 6) is -0.215. The monoisotopic (exact) mass is 398 g/mol. The minimum Gasteiger partial charge on any atom is -0.462 e. The second kappa shape index (κ2) is 7.06. The molecule has 1 aromatic carbocycles. The van der Waals surface area contributed by atoms with Crippen LogP contribution in [0.15, 0.2) is 30.3 Å². The molecule has 2 atom stereocenters. The van der Waals surface area contributed by atoms with E-state index < -0.39 is 34.0 Å². The lowest BCUT2D eigenvalue weighted by atomic mass is 10.3. The third-order valence-electron chi connectivity index (χ3n) is 4.21. The summed E-state index contributed by atoms with van der Waals surface area (Å²) in [6.07, 6.45) is -0.645. The van der Waals surface area contributed by atoms with Crippen molar-refractivity contribution >= 4 is 28.0 Å². The minimum atomic E-state index is -3.89. The fourth-order valence-electron chi connectivity index (χ4n) is 2.78. The lowest BCUT2D eigenvalue weighted by Crippen LogP contribution is -2.46. The van der Waals surface area contributed by atoms with Gasteiger partial charge < -0.3 is 14.0 Å². The van der Waals surface area contributed by atoms with Crippen LogP contribution in [-0.4, -0.2) is 43.0 Å². The van der Waals surface area contributed by atoms with Crippen molar-refractivity contribution in [1.29, 1.82) is 0 Å². The van der Waals surface area contributed by atoms with Crippen LogP contribution in [0.3, 0.4) is 0 Å². The largest absolute Gasteiger partial charge is 0.462 e. The van der Waals surface area contributed by atoms with E-state index in [0.717, 1.165) is 12.1 Å². The molecule has 2 saturated heterocycles. The van der Waals surface area contributed by atoms with Crippen molar-refractivity contribution in [2.75, 3.05) is 6.23 Å². The standard InChI is InChI=1S/C16H23N2O6PSi/c1-12(2)23-15(19)13(3)17-25(21,24-14-7-5-4-6-8-14)18-16(20)22-11-26(18)9-10-26/h4-8,12-13H,9-11H2,1-3H3,(H,17,21). The number of nitrogens with one attached hydrogen (secondary N) is 1. The molecule has 0 saturated carbocycles. The van der Waals surface area contributed by atoms with E-state index in [1.165, 1.54) is 11.3 Å². The zero-order valence-corrected chi connectivity index (χ0v) is 16.9. The van der Waals surface area contributed by atoms with E-state index in [0.29, 0.717) is 12.0 Å². The Morgan fingerprint density at radius 1 is 1.27 bits per heavy atom. The number of hydrogen-bond donors (Lipinski definition) is 1. The highest BCUT2D eigenvalue weighted by atomic mass is 31.2. The maximum absolute atomic E-state index is 13.8. The van der Waals surface area contributed by atoms with Gasteiger partial charge in [0.05, 0.1) is 6.10 Å². The van der Waals surface area contributed by atoms with Gasteiger partial charge in [-0.25, -0.2) is 18.8 Å². The third-order valence-corrected chi connectivity index (χ3v) is 11.6. The van der Waals surface area contributed by atoms with Crippen molar-refractivity contribution in [2.45, 2.75) is 45.0 Å². The number of carbonyl (C=O) groups excluding carboxylic acids is 2. The first-order valence-electron chi connectivity index (χ1n) is 8.56. The molecule has 0 aromatic heterocycles. The Morgan fingerprint density at radius 2 is 1.92 bits per heavy atom. The maximum atomic E-state index is 13.8. The predicted molar refractivity (Wildman–Crippen MR) is 97.1 cm³/mol. The Morgan fingerprint density at radius 3 is 2.50 bits per heavy atom. The van der Waals surface area contributed by atoms with Crippen LogP contribution in [0.1, 0.15) is 20.8 Å². The number of hydrogen-bond acceptors (Lipinski definition) is 6. The number of esters is 1. The van der Waals surface area contributed by atoms with Crippen LogP contribution >= 0.6 is 7.67 Å². The van der Waals surface area contributed by atoms with Gasteiger partial charge >= 0.3 is 19.7 Å². The average molecular weight is 398 g/mol. The van der Waals surface area contributed by atoms with Crippen molar-refractivity contribution in [3.05, 3.63) is 30.3 Å². The summed E-state index contributed by atoms with van der Waals surface area (Å²) in [6, 6.07) is 9.29. The molecule has 3 rings (SSSR count). The lowest BCUT2D eigenvalue weighted by molar-refractivity contribution is -0.149. The summed E-state index contributed by atoms with van der Waals surface area (Å²) in [5.41, 5.74) is 0. The molecule has 1 spiro atoms.